The summed E-state index contributed by atoms with van der Waals surface area (Å²) in [6.45, 7) is 1.60. The molecular formula is C34H35N3O4. The molecule has 4 aliphatic rings. The first-order valence-corrected chi connectivity index (χ1v) is 14.5. The highest BCUT2D eigenvalue weighted by atomic mass is 16.5. The van der Waals surface area contributed by atoms with E-state index in [4.69, 9.17) is 9.47 Å². The number of carbonyl (C=O) groups excluding carboxylic acids is 2. The van der Waals surface area contributed by atoms with Crippen molar-refractivity contribution in [1.29, 1.82) is 0 Å². The summed E-state index contributed by atoms with van der Waals surface area (Å²) in [6.07, 6.45) is 4.93. The molecule has 4 aliphatic heterocycles. The van der Waals surface area contributed by atoms with Crippen molar-refractivity contribution in [2.24, 2.45) is 5.41 Å². The number of ketones is 1. The number of ether oxygens (including phenoxy) is 2. The average molecular weight is 550 g/mol. The Morgan fingerprint density at radius 3 is 2.54 bits per heavy atom. The number of piperidine rings is 2. The van der Waals surface area contributed by atoms with E-state index in [1.54, 1.807) is 14.2 Å². The minimum Gasteiger partial charge on any atom is -0.497 e. The Kier molecular flexibility index (Phi) is 6.25. The molecule has 1 amide bonds. The average Bonchev–Trinajstić information content (AvgIpc) is 3.46. The lowest BCUT2D eigenvalue weighted by Crippen LogP contribution is -2.65. The molecule has 2 N–H and O–H groups in total. The number of nitrogens with zero attached hydrogens (tertiary/aromatic N) is 1. The number of fused-ring (bicyclic) bond motifs is 5. The Balaban J connectivity index is 1.51. The van der Waals surface area contributed by atoms with Gasteiger partial charge < -0.3 is 20.1 Å². The van der Waals surface area contributed by atoms with Crippen LogP contribution in [0.1, 0.15) is 41.9 Å². The van der Waals surface area contributed by atoms with Gasteiger partial charge in [-0.05, 0) is 66.9 Å². The predicted octanol–water partition coefficient (Wildman–Crippen LogP) is 4.75. The standard InChI is InChI=1S/C34H35N3O4/c1-40-25-11-7-9-22(18-25)17-24-20-35-21-33(31(24)38)30(23-10-8-12-26(19-23)41-2)29-15-5-6-16-37(29)34(33)27-13-3-4-14-28(27)36-32(34)39/h3-4,7-14,17-19,29-30,35H,5-6,15-16,20-21H2,1-2H3,(H,36,39)/b24-17+/t29-,30-,33?,34-/m0/s1. The largest absolute Gasteiger partial charge is 0.497 e. The SMILES string of the molecule is COc1cccc(/C=C2\CNCC3(C2=O)[C@@H](c2cccc(OC)c2)[C@@H]2CCCCN2[C@@]32C(=O)Nc3ccccc32)c1. The molecule has 0 aromatic heterocycles. The lowest BCUT2D eigenvalue weighted by Gasteiger charge is -2.49. The molecule has 3 aromatic rings. The van der Waals surface area contributed by atoms with Gasteiger partial charge in [0.15, 0.2) is 5.78 Å². The van der Waals surface area contributed by atoms with Crippen LogP contribution in [0.15, 0.2) is 78.4 Å². The van der Waals surface area contributed by atoms with Crippen LogP contribution in [0, 0.1) is 5.41 Å². The minimum absolute atomic E-state index is 0.0229. The van der Waals surface area contributed by atoms with Crippen molar-refractivity contribution < 1.29 is 19.1 Å². The van der Waals surface area contributed by atoms with Gasteiger partial charge in [-0.3, -0.25) is 14.5 Å². The summed E-state index contributed by atoms with van der Waals surface area (Å²) in [7, 11) is 3.31. The number of para-hydroxylation sites is 1. The highest BCUT2D eigenvalue weighted by molar-refractivity contribution is 6.16. The summed E-state index contributed by atoms with van der Waals surface area (Å²) in [5.74, 6) is 1.20. The number of carbonyl (C=O) groups is 2. The molecule has 1 unspecified atom stereocenters. The molecule has 7 rings (SSSR count). The second-order valence-electron chi connectivity index (χ2n) is 11.6. The van der Waals surface area contributed by atoms with Crippen LogP contribution in [0.3, 0.4) is 0 Å². The van der Waals surface area contributed by atoms with Gasteiger partial charge in [-0.2, -0.15) is 0 Å². The first-order valence-electron chi connectivity index (χ1n) is 14.5. The molecule has 0 aliphatic carbocycles. The number of rotatable bonds is 4. The van der Waals surface area contributed by atoms with Crippen LogP contribution in [0.5, 0.6) is 11.5 Å². The molecule has 4 atom stereocenters. The number of anilines is 1. The van der Waals surface area contributed by atoms with Crippen LogP contribution in [0.4, 0.5) is 5.69 Å². The molecule has 2 spiro atoms. The quantitative estimate of drug-likeness (QED) is 0.458. The van der Waals surface area contributed by atoms with Gasteiger partial charge >= 0.3 is 0 Å². The zero-order valence-electron chi connectivity index (χ0n) is 23.5. The van der Waals surface area contributed by atoms with Crippen molar-refractivity contribution in [1.82, 2.24) is 10.2 Å². The number of benzene rings is 3. The Morgan fingerprint density at radius 2 is 1.71 bits per heavy atom. The topological polar surface area (TPSA) is 79.9 Å². The van der Waals surface area contributed by atoms with Crippen molar-refractivity contribution in [3.05, 3.63) is 95.1 Å². The Labute approximate surface area is 240 Å². The van der Waals surface area contributed by atoms with Gasteiger partial charge in [-0.1, -0.05) is 48.9 Å². The number of hydrogen-bond acceptors (Lipinski definition) is 6. The van der Waals surface area contributed by atoms with E-state index in [2.05, 4.69) is 27.7 Å². The van der Waals surface area contributed by atoms with Gasteiger partial charge in [-0.15, -0.1) is 0 Å². The van der Waals surface area contributed by atoms with Gasteiger partial charge in [0.1, 0.15) is 17.0 Å². The summed E-state index contributed by atoms with van der Waals surface area (Å²) in [6, 6.07) is 23.8. The van der Waals surface area contributed by atoms with E-state index >= 15 is 4.79 Å². The summed E-state index contributed by atoms with van der Waals surface area (Å²) in [5, 5.41) is 6.84. The second-order valence-corrected chi connectivity index (χ2v) is 11.6. The van der Waals surface area contributed by atoms with Gasteiger partial charge in [0.05, 0.1) is 19.6 Å². The van der Waals surface area contributed by atoms with E-state index in [0.717, 1.165) is 59.7 Å². The minimum atomic E-state index is -1.14. The number of hydrogen-bond donors (Lipinski definition) is 2. The highest BCUT2D eigenvalue weighted by Gasteiger charge is 2.77. The van der Waals surface area contributed by atoms with Gasteiger partial charge in [0, 0.05) is 41.9 Å². The maximum absolute atomic E-state index is 15.3. The summed E-state index contributed by atoms with van der Waals surface area (Å²) in [4.78, 5) is 32.3. The second kappa shape index (κ2) is 9.86. The molecule has 0 bridgehead atoms. The fourth-order valence-electron chi connectivity index (χ4n) is 8.28. The van der Waals surface area contributed by atoms with Gasteiger partial charge in [0.25, 0.3) is 5.91 Å². The monoisotopic (exact) mass is 549 g/mol. The van der Waals surface area contributed by atoms with Crippen LogP contribution in [-0.2, 0) is 15.1 Å². The number of nitrogens with one attached hydrogen (secondary N) is 2. The van der Waals surface area contributed by atoms with Gasteiger partial charge in [0.2, 0.25) is 0 Å². The maximum atomic E-state index is 15.3. The molecule has 4 heterocycles. The predicted molar refractivity (Wildman–Crippen MR) is 158 cm³/mol. The lowest BCUT2D eigenvalue weighted by molar-refractivity contribution is -0.145. The Bertz CT molecular complexity index is 1570. The third kappa shape index (κ3) is 3.58. The number of methoxy groups -OCH3 is 2. The highest BCUT2D eigenvalue weighted by Crippen LogP contribution is 2.67. The van der Waals surface area contributed by atoms with Crippen LogP contribution >= 0.6 is 0 Å². The van der Waals surface area contributed by atoms with Crippen molar-refractivity contribution in [3.63, 3.8) is 0 Å². The van der Waals surface area contributed by atoms with Crippen molar-refractivity contribution in [2.45, 2.75) is 36.8 Å². The molecule has 0 radical (unpaired) electrons. The summed E-state index contributed by atoms with van der Waals surface area (Å²) >= 11 is 0. The summed E-state index contributed by atoms with van der Waals surface area (Å²) < 4.78 is 11.1. The molecule has 3 fully saturated rings. The molecule has 3 saturated heterocycles. The van der Waals surface area contributed by atoms with Crippen LogP contribution in [-0.4, -0.2) is 56.5 Å². The summed E-state index contributed by atoms with van der Waals surface area (Å²) in [5.41, 5.74) is 2.09. The van der Waals surface area contributed by atoms with E-state index in [0.29, 0.717) is 18.7 Å². The molecule has 7 heteroatoms. The molecule has 210 valence electrons. The van der Waals surface area contributed by atoms with E-state index in [1.165, 1.54) is 0 Å². The normalized spacial score (nSPS) is 30.0. The molecule has 3 aromatic carbocycles. The van der Waals surface area contributed by atoms with E-state index < -0.39 is 11.0 Å². The van der Waals surface area contributed by atoms with Crippen molar-refractivity contribution in [2.75, 3.05) is 39.2 Å². The fraction of sp³-hybridized carbons (Fsp3) is 0.353. The molecular weight excluding hydrogens is 514 g/mol. The van der Waals surface area contributed by atoms with Crippen molar-refractivity contribution in [3.8, 4) is 11.5 Å². The Morgan fingerprint density at radius 1 is 0.927 bits per heavy atom. The van der Waals surface area contributed by atoms with E-state index in [9.17, 15) is 4.79 Å². The maximum Gasteiger partial charge on any atom is 0.250 e. The van der Waals surface area contributed by atoms with Crippen LogP contribution in [0.25, 0.3) is 6.08 Å². The first-order chi connectivity index (χ1) is 20.0. The van der Waals surface area contributed by atoms with E-state index in [1.807, 2.05) is 66.7 Å². The van der Waals surface area contributed by atoms with Crippen LogP contribution in [0.2, 0.25) is 0 Å². The molecule has 41 heavy (non-hydrogen) atoms. The molecule has 7 nitrogen and oxygen atoms in total. The molecule has 0 saturated carbocycles. The first kappa shape index (κ1) is 26.0. The zero-order valence-corrected chi connectivity index (χ0v) is 23.5. The van der Waals surface area contributed by atoms with Crippen molar-refractivity contribution >= 4 is 23.5 Å². The fourth-order valence-corrected chi connectivity index (χ4v) is 8.28. The van der Waals surface area contributed by atoms with Crippen LogP contribution < -0.4 is 20.1 Å². The van der Waals surface area contributed by atoms with Gasteiger partial charge in [-0.25, -0.2) is 0 Å². The third-order valence-electron chi connectivity index (χ3n) is 9.74. The third-order valence-corrected chi connectivity index (χ3v) is 9.74. The number of Topliss-reactive ketones (excluding diaryl/α,β-unsaturated/α-hetero) is 1. The zero-order chi connectivity index (χ0) is 28.2. The Hall–Kier alpha value is -3.94. The lowest BCUT2D eigenvalue weighted by atomic mass is 9.55. The smallest absolute Gasteiger partial charge is 0.250 e. The van der Waals surface area contributed by atoms with E-state index in [-0.39, 0.29) is 23.7 Å². The number of amides is 1.